The van der Waals surface area contributed by atoms with Crippen LogP contribution in [0.25, 0.3) is 0 Å². The summed E-state index contributed by atoms with van der Waals surface area (Å²) in [7, 11) is -3.86. The Labute approximate surface area is 184 Å². The Hall–Kier alpha value is -1.93. The monoisotopic (exact) mass is 449 g/mol. The second-order valence-corrected chi connectivity index (χ2v) is 9.91. The predicted octanol–water partition coefficient (Wildman–Crippen LogP) is 3.00. The number of piperazine rings is 1. The lowest BCUT2D eigenvalue weighted by atomic mass is 10.1. The van der Waals surface area contributed by atoms with Gasteiger partial charge < -0.3 is 9.80 Å². The fraction of sp³-hybridized carbons (Fsp3) is 0.409. The number of aryl methyl sites for hydroxylation is 1. The average Bonchev–Trinajstić information content (AvgIpc) is 2.73. The molecular formula is C22H28ClN3O3S. The average molecular weight is 450 g/mol. The number of sulfonamides is 1. The van der Waals surface area contributed by atoms with Gasteiger partial charge in [0.15, 0.2) is 0 Å². The molecule has 30 heavy (non-hydrogen) atoms. The fourth-order valence-electron chi connectivity index (χ4n) is 3.56. The quantitative estimate of drug-likeness (QED) is 0.652. The lowest BCUT2D eigenvalue weighted by molar-refractivity contribution is -0.133. The molecule has 1 aliphatic heterocycles. The Morgan fingerprint density at radius 3 is 2.33 bits per heavy atom. The van der Waals surface area contributed by atoms with Crippen LogP contribution in [0.2, 0.25) is 5.02 Å². The molecule has 1 heterocycles. The summed E-state index contributed by atoms with van der Waals surface area (Å²) in [5, 5.41) is 0.462. The second-order valence-electron chi connectivity index (χ2n) is 7.53. The predicted molar refractivity (Wildman–Crippen MR) is 119 cm³/mol. The van der Waals surface area contributed by atoms with E-state index in [1.165, 1.54) is 16.4 Å². The first-order chi connectivity index (χ1) is 14.3. The minimum Gasteiger partial charge on any atom is -0.339 e. The highest BCUT2D eigenvalue weighted by Crippen LogP contribution is 2.21. The van der Waals surface area contributed by atoms with E-state index >= 15 is 0 Å². The number of hydrogen-bond acceptors (Lipinski definition) is 4. The first-order valence-corrected chi connectivity index (χ1v) is 11.9. The van der Waals surface area contributed by atoms with Crippen LogP contribution in [0.15, 0.2) is 53.4 Å². The van der Waals surface area contributed by atoms with Gasteiger partial charge in [-0.05, 0) is 43.3 Å². The van der Waals surface area contributed by atoms with Gasteiger partial charge in [0.2, 0.25) is 15.9 Å². The molecule has 1 aliphatic rings. The SMILES string of the molecule is CCN1CCN(C(=O)CN(Cc2cccc(C)c2)S(=O)(=O)c2ccc(Cl)cc2)CC1. The Bertz CT molecular complexity index is 971. The van der Waals surface area contributed by atoms with Gasteiger partial charge in [0.1, 0.15) is 0 Å². The minimum absolute atomic E-state index is 0.128. The summed E-state index contributed by atoms with van der Waals surface area (Å²) >= 11 is 5.92. The van der Waals surface area contributed by atoms with E-state index in [-0.39, 0.29) is 23.9 Å². The molecular weight excluding hydrogens is 422 g/mol. The van der Waals surface area contributed by atoms with Crippen LogP contribution >= 0.6 is 11.6 Å². The van der Waals surface area contributed by atoms with Crippen LogP contribution < -0.4 is 0 Å². The van der Waals surface area contributed by atoms with Crippen molar-refractivity contribution < 1.29 is 13.2 Å². The van der Waals surface area contributed by atoms with Gasteiger partial charge >= 0.3 is 0 Å². The van der Waals surface area contributed by atoms with Crippen molar-refractivity contribution in [2.24, 2.45) is 0 Å². The first-order valence-electron chi connectivity index (χ1n) is 10.1. The highest BCUT2D eigenvalue weighted by molar-refractivity contribution is 7.89. The Morgan fingerprint density at radius 1 is 1.07 bits per heavy atom. The molecule has 0 saturated carbocycles. The highest BCUT2D eigenvalue weighted by Gasteiger charge is 2.30. The Balaban J connectivity index is 1.83. The fourth-order valence-corrected chi connectivity index (χ4v) is 5.06. The molecule has 0 atom stereocenters. The van der Waals surface area contributed by atoms with Crippen molar-refractivity contribution in [1.29, 1.82) is 0 Å². The van der Waals surface area contributed by atoms with Crippen LogP contribution in [0, 0.1) is 6.92 Å². The van der Waals surface area contributed by atoms with Gasteiger partial charge in [0, 0.05) is 37.7 Å². The number of amides is 1. The number of likely N-dealkylation sites (N-methyl/N-ethyl adjacent to an activating group) is 1. The number of halogens is 1. The van der Waals surface area contributed by atoms with Crippen molar-refractivity contribution in [3.05, 3.63) is 64.7 Å². The summed E-state index contributed by atoms with van der Waals surface area (Å²) in [4.78, 5) is 17.1. The largest absolute Gasteiger partial charge is 0.339 e. The van der Waals surface area contributed by atoms with Crippen LogP contribution in [-0.2, 0) is 21.4 Å². The van der Waals surface area contributed by atoms with Crippen molar-refractivity contribution in [1.82, 2.24) is 14.1 Å². The standard InChI is InChI=1S/C22H28ClN3O3S/c1-3-24-11-13-25(14-12-24)22(27)17-26(16-19-6-4-5-18(2)15-19)30(28,29)21-9-7-20(23)8-10-21/h4-10,15H,3,11-14,16-17H2,1-2H3. The maximum atomic E-state index is 13.4. The molecule has 1 saturated heterocycles. The zero-order valence-electron chi connectivity index (χ0n) is 17.4. The second kappa shape index (κ2) is 9.92. The van der Waals surface area contributed by atoms with E-state index in [2.05, 4.69) is 11.8 Å². The molecule has 1 fully saturated rings. The first kappa shape index (κ1) is 22.7. The van der Waals surface area contributed by atoms with Gasteiger partial charge in [-0.1, -0.05) is 48.4 Å². The van der Waals surface area contributed by atoms with E-state index in [1.807, 2.05) is 31.2 Å². The van der Waals surface area contributed by atoms with E-state index in [9.17, 15) is 13.2 Å². The van der Waals surface area contributed by atoms with Crippen molar-refractivity contribution in [3.63, 3.8) is 0 Å². The van der Waals surface area contributed by atoms with E-state index in [0.29, 0.717) is 18.1 Å². The van der Waals surface area contributed by atoms with E-state index in [4.69, 9.17) is 11.6 Å². The third-order valence-corrected chi connectivity index (χ3v) is 7.43. The van der Waals surface area contributed by atoms with Gasteiger partial charge in [-0.25, -0.2) is 8.42 Å². The van der Waals surface area contributed by atoms with Gasteiger partial charge in [0.05, 0.1) is 11.4 Å². The number of carbonyl (C=O) groups excluding carboxylic acids is 1. The number of benzene rings is 2. The highest BCUT2D eigenvalue weighted by atomic mass is 35.5. The summed E-state index contributed by atoms with van der Waals surface area (Å²) in [5.74, 6) is -0.170. The molecule has 0 aromatic heterocycles. The molecule has 3 rings (SSSR count). The van der Waals surface area contributed by atoms with Crippen LogP contribution in [-0.4, -0.2) is 67.7 Å². The zero-order valence-corrected chi connectivity index (χ0v) is 19.0. The molecule has 6 nitrogen and oxygen atoms in total. The molecule has 1 amide bonds. The molecule has 0 aliphatic carbocycles. The maximum Gasteiger partial charge on any atom is 0.243 e. The van der Waals surface area contributed by atoms with Gasteiger partial charge in [-0.15, -0.1) is 0 Å². The van der Waals surface area contributed by atoms with Crippen molar-refractivity contribution in [3.8, 4) is 0 Å². The van der Waals surface area contributed by atoms with Gasteiger partial charge in [0.25, 0.3) is 0 Å². The van der Waals surface area contributed by atoms with Crippen molar-refractivity contribution >= 4 is 27.5 Å². The van der Waals surface area contributed by atoms with Gasteiger partial charge in [-0.2, -0.15) is 4.31 Å². The summed E-state index contributed by atoms with van der Waals surface area (Å²) in [5.41, 5.74) is 1.88. The summed E-state index contributed by atoms with van der Waals surface area (Å²) in [6.45, 7) is 7.80. The Kier molecular flexibility index (Phi) is 7.52. The summed E-state index contributed by atoms with van der Waals surface area (Å²) in [6.07, 6.45) is 0. The van der Waals surface area contributed by atoms with E-state index < -0.39 is 10.0 Å². The van der Waals surface area contributed by atoms with E-state index in [0.717, 1.165) is 30.8 Å². The van der Waals surface area contributed by atoms with Crippen LogP contribution in [0.4, 0.5) is 0 Å². The third kappa shape index (κ3) is 5.60. The molecule has 0 spiro atoms. The van der Waals surface area contributed by atoms with Crippen LogP contribution in [0.1, 0.15) is 18.1 Å². The molecule has 2 aromatic rings. The topological polar surface area (TPSA) is 60.9 Å². The molecule has 162 valence electrons. The molecule has 8 heteroatoms. The van der Waals surface area contributed by atoms with Crippen LogP contribution in [0.3, 0.4) is 0 Å². The zero-order chi connectivity index (χ0) is 21.7. The van der Waals surface area contributed by atoms with Crippen molar-refractivity contribution in [2.45, 2.75) is 25.3 Å². The van der Waals surface area contributed by atoms with Crippen LogP contribution in [0.5, 0.6) is 0 Å². The molecule has 0 bridgehead atoms. The summed E-state index contributed by atoms with van der Waals surface area (Å²) < 4.78 is 28.0. The number of rotatable bonds is 7. The Morgan fingerprint density at radius 2 is 1.73 bits per heavy atom. The number of nitrogens with zero attached hydrogens (tertiary/aromatic N) is 3. The molecule has 0 unspecified atom stereocenters. The maximum absolute atomic E-state index is 13.4. The molecule has 2 aromatic carbocycles. The normalized spacial score (nSPS) is 15.5. The van der Waals surface area contributed by atoms with E-state index in [1.54, 1.807) is 17.0 Å². The lowest BCUT2D eigenvalue weighted by Gasteiger charge is -2.35. The smallest absolute Gasteiger partial charge is 0.243 e. The number of carbonyl (C=O) groups is 1. The van der Waals surface area contributed by atoms with Crippen molar-refractivity contribution in [2.75, 3.05) is 39.3 Å². The third-order valence-electron chi connectivity index (χ3n) is 5.38. The van der Waals surface area contributed by atoms with Gasteiger partial charge in [-0.3, -0.25) is 4.79 Å². The minimum atomic E-state index is -3.86. The molecule has 0 radical (unpaired) electrons. The summed E-state index contributed by atoms with van der Waals surface area (Å²) in [6, 6.07) is 13.7. The number of hydrogen-bond donors (Lipinski definition) is 0. The molecule has 0 N–H and O–H groups in total. The lowest BCUT2D eigenvalue weighted by Crippen LogP contribution is -2.51.